The van der Waals surface area contributed by atoms with E-state index < -0.39 is 0 Å². The monoisotopic (exact) mass is 272 g/mol. The van der Waals surface area contributed by atoms with Gasteiger partial charge in [0.2, 0.25) is 5.91 Å². The number of aliphatic hydroxyl groups excluding tert-OH is 1. The Morgan fingerprint density at radius 3 is 2.78 bits per heavy atom. The van der Waals surface area contributed by atoms with Crippen molar-refractivity contribution in [2.24, 2.45) is 0 Å². The highest BCUT2D eigenvalue weighted by atomic mass is 32.2. The lowest BCUT2D eigenvalue weighted by Gasteiger charge is -2.15. The second-order valence-electron chi connectivity index (χ2n) is 4.21. The van der Waals surface area contributed by atoms with E-state index in [2.05, 4.69) is 10.5 Å². The molecule has 1 atom stereocenters. The molecule has 0 fully saturated rings. The van der Waals surface area contributed by atoms with Crippen LogP contribution in [0.1, 0.15) is 23.4 Å². The molecule has 1 amide bonds. The molecule has 0 radical (unpaired) electrons. The number of amides is 1. The minimum absolute atomic E-state index is 0.0338. The van der Waals surface area contributed by atoms with E-state index >= 15 is 0 Å². The first-order valence-corrected chi connectivity index (χ1v) is 7.28. The van der Waals surface area contributed by atoms with Crippen molar-refractivity contribution in [3.8, 4) is 0 Å². The van der Waals surface area contributed by atoms with Crippen molar-refractivity contribution in [3.63, 3.8) is 0 Å². The summed E-state index contributed by atoms with van der Waals surface area (Å²) < 4.78 is 5.01. The molecule has 1 unspecified atom stereocenters. The van der Waals surface area contributed by atoms with Crippen molar-refractivity contribution in [2.75, 3.05) is 18.6 Å². The number of thioether (sulfide) groups is 1. The van der Waals surface area contributed by atoms with E-state index in [4.69, 9.17) is 4.52 Å². The molecule has 0 aliphatic rings. The van der Waals surface area contributed by atoms with Crippen LogP contribution in [-0.4, -0.2) is 40.8 Å². The number of rotatable bonds is 7. The highest BCUT2D eigenvalue weighted by molar-refractivity contribution is 7.98. The van der Waals surface area contributed by atoms with Gasteiger partial charge in [0.1, 0.15) is 5.76 Å². The molecule has 2 N–H and O–H groups in total. The van der Waals surface area contributed by atoms with Crippen molar-refractivity contribution < 1.29 is 14.4 Å². The van der Waals surface area contributed by atoms with Crippen LogP contribution in [-0.2, 0) is 11.2 Å². The average Bonchev–Trinajstić information content (AvgIpc) is 2.66. The normalized spacial score (nSPS) is 12.4. The van der Waals surface area contributed by atoms with Crippen molar-refractivity contribution in [1.29, 1.82) is 0 Å². The number of carbonyl (C=O) groups is 1. The summed E-state index contributed by atoms with van der Waals surface area (Å²) >= 11 is 1.70. The maximum absolute atomic E-state index is 11.8. The van der Waals surface area contributed by atoms with Crippen LogP contribution in [0.3, 0.4) is 0 Å². The third kappa shape index (κ3) is 4.34. The molecule has 1 aromatic rings. The number of nitrogens with one attached hydrogen (secondary N) is 1. The summed E-state index contributed by atoms with van der Waals surface area (Å²) in [6.45, 7) is 3.57. The predicted molar refractivity (Wildman–Crippen MR) is 71.7 cm³/mol. The molecule has 5 nitrogen and oxygen atoms in total. The smallest absolute Gasteiger partial charge is 0.224 e. The van der Waals surface area contributed by atoms with E-state index in [0.717, 1.165) is 23.4 Å². The Morgan fingerprint density at radius 2 is 2.28 bits per heavy atom. The molecule has 1 rings (SSSR count). The maximum Gasteiger partial charge on any atom is 0.224 e. The van der Waals surface area contributed by atoms with E-state index in [0.29, 0.717) is 5.76 Å². The van der Waals surface area contributed by atoms with Gasteiger partial charge in [-0.3, -0.25) is 4.79 Å². The molecule has 0 spiro atoms. The van der Waals surface area contributed by atoms with Crippen LogP contribution in [0.4, 0.5) is 0 Å². The average molecular weight is 272 g/mol. The Bertz CT molecular complexity index is 373. The standard InChI is InChI=1S/C12H20N2O3S/c1-8-11(9(2)17-14-8)6-12(16)13-10(7-15)4-5-18-3/h10,15H,4-7H2,1-3H3,(H,13,16). The molecule has 102 valence electrons. The van der Waals surface area contributed by atoms with E-state index in [9.17, 15) is 9.90 Å². The summed E-state index contributed by atoms with van der Waals surface area (Å²) in [4.78, 5) is 11.8. The minimum atomic E-state index is -0.176. The van der Waals surface area contributed by atoms with Crippen molar-refractivity contribution >= 4 is 17.7 Å². The zero-order valence-electron chi connectivity index (χ0n) is 11.0. The summed E-state index contributed by atoms with van der Waals surface area (Å²) in [6, 6.07) is -0.176. The summed E-state index contributed by atoms with van der Waals surface area (Å²) in [5, 5.41) is 15.8. The molecule has 1 heterocycles. The third-order valence-corrected chi connectivity index (χ3v) is 3.42. The molecule has 0 aromatic carbocycles. The van der Waals surface area contributed by atoms with Gasteiger partial charge in [0, 0.05) is 5.56 Å². The fourth-order valence-corrected chi connectivity index (χ4v) is 2.18. The lowest BCUT2D eigenvalue weighted by molar-refractivity contribution is -0.121. The Hall–Kier alpha value is -1.01. The number of aliphatic hydroxyl groups is 1. The van der Waals surface area contributed by atoms with E-state index in [1.807, 2.05) is 13.2 Å². The Morgan fingerprint density at radius 1 is 1.56 bits per heavy atom. The minimum Gasteiger partial charge on any atom is -0.394 e. The van der Waals surface area contributed by atoms with Gasteiger partial charge < -0.3 is 14.9 Å². The number of nitrogens with zero attached hydrogens (tertiary/aromatic N) is 1. The number of carbonyl (C=O) groups excluding carboxylic acids is 1. The van der Waals surface area contributed by atoms with Gasteiger partial charge in [0.25, 0.3) is 0 Å². The molecular weight excluding hydrogens is 252 g/mol. The maximum atomic E-state index is 11.8. The van der Waals surface area contributed by atoms with E-state index in [-0.39, 0.29) is 25.0 Å². The molecular formula is C12H20N2O3S. The first-order valence-electron chi connectivity index (χ1n) is 5.89. The Labute approximate surface area is 111 Å². The number of hydrogen-bond acceptors (Lipinski definition) is 5. The van der Waals surface area contributed by atoms with Gasteiger partial charge in [-0.2, -0.15) is 11.8 Å². The molecule has 0 bridgehead atoms. The quantitative estimate of drug-likeness (QED) is 0.776. The lowest BCUT2D eigenvalue weighted by Crippen LogP contribution is -2.38. The lowest BCUT2D eigenvalue weighted by atomic mass is 10.1. The van der Waals surface area contributed by atoms with Crippen LogP contribution in [0.25, 0.3) is 0 Å². The first-order chi connectivity index (χ1) is 8.58. The fraction of sp³-hybridized carbons (Fsp3) is 0.667. The van der Waals surface area contributed by atoms with E-state index in [1.165, 1.54) is 0 Å². The highest BCUT2D eigenvalue weighted by Gasteiger charge is 2.16. The number of hydrogen-bond donors (Lipinski definition) is 2. The summed E-state index contributed by atoms with van der Waals surface area (Å²) in [6.07, 6.45) is 3.02. The van der Waals surface area contributed by atoms with Gasteiger partial charge in [0.15, 0.2) is 0 Å². The largest absolute Gasteiger partial charge is 0.394 e. The molecule has 0 saturated carbocycles. The van der Waals surface area contributed by atoms with Crippen LogP contribution in [0.5, 0.6) is 0 Å². The zero-order valence-corrected chi connectivity index (χ0v) is 11.8. The SMILES string of the molecule is CSCCC(CO)NC(=O)Cc1c(C)noc1C. The highest BCUT2D eigenvalue weighted by Crippen LogP contribution is 2.12. The van der Waals surface area contributed by atoms with Gasteiger partial charge in [-0.1, -0.05) is 5.16 Å². The van der Waals surface area contributed by atoms with Crippen LogP contribution in [0.15, 0.2) is 4.52 Å². The van der Waals surface area contributed by atoms with Crippen molar-refractivity contribution in [2.45, 2.75) is 32.7 Å². The van der Waals surface area contributed by atoms with E-state index in [1.54, 1.807) is 18.7 Å². The third-order valence-electron chi connectivity index (χ3n) is 2.77. The molecule has 0 saturated heterocycles. The topological polar surface area (TPSA) is 75.4 Å². The van der Waals surface area contributed by atoms with Crippen LogP contribution in [0.2, 0.25) is 0 Å². The Kier molecular flexibility index (Phi) is 6.21. The summed E-state index contributed by atoms with van der Waals surface area (Å²) in [5.74, 6) is 1.48. The molecule has 6 heteroatoms. The fourth-order valence-electron chi connectivity index (χ4n) is 1.66. The summed E-state index contributed by atoms with van der Waals surface area (Å²) in [5.41, 5.74) is 1.57. The van der Waals surface area contributed by atoms with Gasteiger partial charge in [-0.25, -0.2) is 0 Å². The summed E-state index contributed by atoms with van der Waals surface area (Å²) in [7, 11) is 0. The van der Waals surface area contributed by atoms with Gasteiger partial charge >= 0.3 is 0 Å². The molecule has 0 aliphatic heterocycles. The predicted octanol–water partition coefficient (Wildman–Crippen LogP) is 1.06. The van der Waals surface area contributed by atoms with Crippen molar-refractivity contribution in [1.82, 2.24) is 10.5 Å². The van der Waals surface area contributed by atoms with Gasteiger partial charge in [-0.15, -0.1) is 0 Å². The molecule has 0 aliphatic carbocycles. The van der Waals surface area contributed by atoms with Crippen LogP contribution in [0, 0.1) is 13.8 Å². The molecule has 1 aromatic heterocycles. The zero-order chi connectivity index (χ0) is 13.5. The second-order valence-corrected chi connectivity index (χ2v) is 5.19. The van der Waals surface area contributed by atoms with Crippen LogP contribution < -0.4 is 5.32 Å². The number of aromatic nitrogens is 1. The van der Waals surface area contributed by atoms with Gasteiger partial charge in [-0.05, 0) is 32.3 Å². The second kappa shape index (κ2) is 7.43. The first kappa shape index (κ1) is 15.0. The number of aryl methyl sites for hydroxylation is 2. The van der Waals surface area contributed by atoms with Crippen LogP contribution >= 0.6 is 11.8 Å². The van der Waals surface area contributed by atoms with Crippen molar-refractivity contribution in [3.05, 3.63) is 17.0 Å². The Balaban J connectivity index is 2.50. The van der Waals surface area contributed by atoms with Gasteiger partial charge in [0.05, 0.1) is 24.8 Å². The molecule has 18 heavy (non-hydrogen) atoms.